The van der Waals surface area contributed by atoms with Crippen LogP contribution in [0, 0.1) is 5.41 Å². The highest BCUT2D eigenvalue weighted by molar-refractivity contribution is 5.77. The van der Waals surface area contributed by atoms with Crippen LogP contribution in [-0.4, -0.2) is 44.4 Å². The van der Waals surface area contributed by atoms with E-state index < -0.39 is 0 Å². The Hall–Kier alpha value is -1.36. The smallest absolute Gasteiger partial charge is 0.223 e. The molecule has 0 aromatic carbocycles. The molecular weight excluding hydrogens is 266 g/mol. The van der Waals surface area contributed by atoms with Gasteiger partial charge in [-0.1, -0.05) is 6.92 Å². The van der Waals surface area contributed by atoms with Crippen LogP contribution in [0.15, 0.2) is 12.3 Å². The maximum Gasteiger partial charge on any atom is 0.223 e. The highest BCUT2D eigenvalue weighted by Gasteiger charge is 2.48. The maximum absolute atomic E-state index is 12.6. The third-order valence-corrected chi connectivity index (χ3v) is 5.42. The molecule has 0 spiro atoms. The van der Waals surface area contributed by atoms with Crippen molar-refractivity contribution in [3.63, 3.8) is 0 Å². The second kappa shape index (κ2) is 5.44. The zero-order chi connectivity index (χ0) is 15.0. The van der Waals surface area contributed by atoms with Crippen molar-refractivity contribution in [3.8, 4) is 0 Å². The lowest BCUT2D eigenvalue weighted by atomic mass is 9.71. The summed E-state index contributed by atoms with van der Waals surface area (Å²) in [5.41, 5.74) is 1.21. The predicted molar refractivity (Wildman–Crippen MR) is 79.6 cm³/mol. The number of hydrogen-bond donors (Lipinski definition) is 1. The van der Waals surface area contributed by atoms with E-state index in [1.807, 2.05) is 17.8 Å². The number of rotatable bonds is 3. The van der Waals surface area contributed by atoms with Gasteiger partial charge in [-0.15, -0.1) is 0 Å². The lowest BCUT2D eigenvalue weighted by Crippen LogP contribution is -2.46. The van der Waals surface area contributed by atoms with E-state index in [9.17, 15) is 9.90 Å². The second-order valence-corrected chi connectivity index (χ2v) is 6.89. The molecule has 5 nitrogen and oxygen atoms in total. The fourth-order valence-corrected chi connectivity index (χ4v) is 4.13. The number of likely N-dealkylation sites (tertiary alicyclic amines) is 1. The van der Waals surface area contributed by atoms with Crippen LogP contribution in [0.3, 0.4) is 0 Å². The summed E-state index contributed by atoms with van der Waals surface area (Å²) in [6, 6.07) is 2.29. The van der Waals surface area contributed by atoms with E-state index in [-0.39, 0.29) is 17.4 Å². The molecule has 3 atom stereocenters. The summed E-state index contributed by atoms with van der Waals surface area (Å²) in [6.07, 6.45) is 6.51. The van der Waals surface area contributed by atoms with E-state index >= 15 is 0 Å². The zero-order valence-corrected chi connectivity index (χ0v) is 13.0. The van der Waals surface area contributed by atoms with Crippen LogP contribution in [0.25, 0.3) is 0 Å². The molecule has 0 bridgehead atoms. The minimum absolute atomic E-state index is 0.111. The molecule has 1 aromatic heterocycles. The van der Waals surface area contributed by atoms with Gasteiger partial charge in [0.2, 0.25) is 5.91 Å². The standard InChI is InChI=1S/C16H25N3O2/c1-16-8-10-19(14(16)5-4-13(20)11-16)15(21)6-3-12-7-9-17-18(12)2/h7,9,13-14,20H,3-6,8,10-11H2,1-2H3/t13-,14-,16+/m1/s1. The van der Waals surface area contributed by atoms with Gasteiger partial charge < -0.3 is 10.0 Å². The molecule has 1 saturated carbocycles. The molecule has 1 aromatic rings. The Kier molecular flexibility index (Phi) is 3.78. The third kappa shape index (κ3) is 2.71. The van der Waals surface area contributed by atoms with Crippen LogP contribution in [0.5, 0.6) is 0 Å². The SMILES string of the molecule is Cn1nccc1CCC(=O)N1CC[C@@]2(C)C[C@H](O)CC[C@@H]12. The molecule has 1 amide bonds. The number of carbonyl (C=O) groups excluding carboxylic acids is 1. The van der Waals surface area contributed by atoms with Crippen molar-refractivity contribution in [2.24, 2.45) is 12.5 Å². The van der Waals surface area contributed by atoms with E-state index in [2.05, 4.69) is 16.9 Å². The van der Waals surface area contributed by atoms with Crippen molar-refractivity contribution in [2.45, 2.75) is 57.6 Å². The van der Waals surface area contributed by atoms with Crippen molar-refractivity contribution in [3.05, 3.63) is 18.0 Å². The molecule has 21 heavy (non-hydrogen) atoms. The quantitative estimate of drug-likeness (QED) is 0.918. The number of nitrogens with zero attached hydrogens (tertiary/aromatic N) is 3. The molecule has 116 valence electrons. The average molecular weight is 291 g/mol. The summed E-state index contributed by atoms with van der Waals surface area (Å²) in [5, 5.41) is 14.0. The van der Waals surface area contributed by atoms with Gasteiger partial charge in [-0.25, -0.2) is 0 Å². The summed E-state index contributed by atoms with van der Waals surface area (Å²) in [4.78, 5) is 14.6. The number of fused-ring (bicyclic) bond motifs is 1. The molecule has 5 heteroatoms. The van der Waals surface area contributed by atoms with Crippen molar-refractivity contribution in [1.29, 1.82) is 0 Å². The summed E-state index contributed by atoms with van der Waals surface area (Å²) in [6.45, 7) is 3.08. The average Bonchev–Trinajstić information content (AvgIpc) is 2.98. The molecule has 0 radical (unpaired) electrons. The van der Waals surface area contributed by atoms with Gasteiger partial charge in [0.15, 0.2) is 0 Å². The third-order valence-electron chi connectivity index (χ3n) is 5.42. The number of aryl methyl sites for hydroxylation is 2. The molecule has 2 aliphatic rings. The van der Waals surface area contributed by atoms with Crippen LogP contribution in [-0.2, 0) is 18.3 Å². The largest absolute Gasteiger partial charge is 0.393 e. The lowest BCUT2D eigenvalue weighted by Gasteiger charge is -2.41. The van der Waals surface area contributed by atoms with Gasteiger partial charge in [0.05, 0.1) is 6.10 Å². The summed E-state index contributed by atoms with van der Waals surface area (Å²) in [5.74, 6) is 0.251. The van der Waals surface area contributed by atoms with Crippen molar-refractivity contribution in [2.75, 3.05) is 6.54 Å². The predicted octanol–water partition coefficient (Wildman–Crippen LogP) is 1.50. The van der Waals surface area contributed by atoms with Crippen LogP contribution in [0.4, 0.5) is 0 Å². The van der Waals surface area contributed by atoms with E-state index in [1.54, 1.807) is 6.20 Å². The fraction of sp³-hybridized carbons (Fsp3) is 0.750. The molecule has 1 aliphatic carbocycles. The minimum Gasteiger partial charge on any atom is -0.393 e. The molecular formula is C16H25N3O2. The number of carbonyl (C=O) groups is 1. The first-order chi connectivity index (χ1) is 9.99. The zero-order valence-electron chi connectivity index (χ0n) is 13.0. The second-order valence-electron chi connectivity index (χ2n) is 6.89. The van der Waals surface area contributed by atoms with Crippen molar-refractivity contribution < 1.29 is 9.90 Å². The first-order valence-corrected chi connectivity index (χ1v) is 7.94. The fourth-order valence-electron chi connectivity index (χ4n) is 4.13. The lowest BCUT2D eigenvalue weighted by molar-refractivity contribution is -0.134. The van der Waals surface area contributed by atoms with Gasteiger partial charge in [0.25, 0.3) is 0 Å². The summed E-state index contributed by atoms with van der Waals surface area (Å²) in [7, 11) is 1.91. The van der Waals surface area contributed by atoms with Gasteiger partial charge in [0, 0.05) is 37.9 Å². The van der Waals surface area contributed by atoms with Gasteiger partial charge in [-0.2, -0.15) is 5.10 Å². The topological polar surface area (TPSA) is 58.4 Å². The Labute approximate surface area is 125 Å². The van der Waals surface area contributed by atoms with Gasteiger partial charge in [0.1, 0.15) is 0 Å². The molecule has 0 unspecified atom stereocenters. The summed E-state index contributed by atoms with van der Waals surface area (Å²) < 4.78 is 1.83. The van der Waals surface area contributed by atoms with Crippen LogP contribution in [0.1, 0.15) is 44.7 Å². The minimum atomic E-state index is -0.184. The Bertz CT molecular complexity index is 527. The van der Waals surface area contributed by atoms with Gasteiger partial charge >= 0.3 is 0 Å². The van der Waals surface area contributed by atoms with Crippen molar-refractivity contribution in [1.82, 2.24) is 14.7 Å². The molecule has 1 aliphatic heterocycles. The van der Waals surface area contributed by atoms with Gasteiger partial charge in [-0.05, 0) is 43.6 Å². The number of amides is 1. The Balaban J connectivity index is 1.62. The highest BCUT2D eigenvalue weighted by atomic mass is 16.3. The Morgan fingerprint density at radius 3 is 3.05 bits per heavy atom. The van der Waals surface area contributed by atoms with E-state index in [4.69, 9.17) is 0 Å². The number of aliphatic hydroxyl groups excluding tert-OH is 1. The van der Waals surface area contributed by atoms with Crippen molar-refractivity contribution >= 4 is 5.91 Å². The first kappa shape index (κ1) is 14.6. The van der Waals surface area contributed by atoms with E-state index in [0.29, 0.717) is 12.5 Å². The van der Waals surface area contributed by atoms with Crippen LogP contribution < -0.4 is 0 Å². The summed E-state index contributed by atoms with van der Waals surface area (Å²) >= 11 is 0. The number of hydrogen-bond acceptors (Lipinski definition) is 3. The van der Waals surface area contributed by atoms with Crippen LogP contribution >= 0.6 is 0 Å². The highest BCUT2D eigenvalue weighted by Crippen LogP contribution is 2.46. The normalized spacial score (nSPS) is 32.2. The van der Waals surface area contributed by atoms with Gasteiger partial charge in [-0.3, -0.25) is 9.48 Å². The molecule has 3 rings (SSSR count). The monoisotopic (exact) mass is 291 g/mol. The number of aromatic nitrogens is 2. The first-order valence-electron chi connectivity index (χ1n) is 7.94. The van der Waals surface area contributed by atoms with E-state index in [0.717, 1.165) is 44.3 Å². The number of aliphatic hydroxyl groups is 1. The Morgan fingerprint density at radius 2 is 2.33 bits per heavy atom. The molecule has 1 saturated heterocycles. The Morgan fingerprint density at radius 1 is 1.52 bits per heavy atom. The molecule has 2 fully saturated rings. The molecule has 1 N–H and O–H groups in total. The maximum atomic E-state index is 12.6. The van der Waals surface area contributed by atoms with Crippen LogP contribution in [0.2, 0.25) is 0 Å². The molecule has 2 heterocycles. The van der Waals surface area contributed by atoms with E-state index in [1.165, 1.54) is 0 Å².